The van der Waals surface area contributed by atoms with Crippen LogP contribution in [0.25, 0.3) is 11.5 Å². The summed E-state index contributed by atoms with van der Waals surface area (Å²) >= 11 is 1.44. The Morgan fingerprint density at radius 2 is 2.28 bits per heavy atom. The minimum Gasteiger partial charge on any atom is -0.347 e. The molecular weight excluding hydrogens is 338 g/mol. The van der Waals surface area contributed by atoms with Crippen molar-refractivity contribution in [2.75, 3.05) is 13.6 Å². The molecule has 1 fully saturated rings. The van der Waals surface area contributed by atoms with E-state index in [0.717, 1.165) is 17.8 Å². The molecule has 0 saturated carbocycles. The molecular formula is C17H17N5O2S. The maximum Gasteiger partial charge on any atom is 0.261 e. The standard InChI is InChI=1S/C17H17N5O2S/c1-22-10-11(19-16(23)14-6-4-8-25-14)9-13(22)17-20-15(21-24-17)12-5-2-3-7-18-12/h2-8,11,13H,9-10H2,1H3,(H,19,23)/t11-,13-/m0/s1. The lowest BCUT2D eigenvalue weighted by Crippen LogP contribution is -2.36. The molecule has 0 aliphatic carbocycles. The number of hydrogen-bond acceptors (Lipinski definition) is 7. The number of hydrogen-bond donors (Lipinski definition) is 1. The lowest BCUT2D eigenvalue weighted by Gasteiger charge is -2.14. The van der Waals surface area contributed by atoms with Gasteiger partial charge in [0.2, 0.25) is 11.7 Å². The maximum absolute atomic E-state index is 12.2. The first-order chi connectivity index (χ1) is 12.2. The molecule has 8 heteroatoms. The van der Waals surface area contributed by atoms with Crippen LogP contribution in [-0.4, -0.2) is 45.6 Å². The molecule has 1 N–H and O–H groups in total. The third-order valence-electron chi connectivity index (χ3n) is 4.25. The number of nitrogens with one attached hydrogen (secondary N) is 1. The van der Waals surface area contributed by atoms with Crippen LogP contribution in [0.15, 0.2) is 46.4 Å². The number of pyridine rings is 1. The molecule has 4 heterocycles. The van der Waals surface area contributed by atoms with Gasteiger partial charge in [-0.1, -0.05) is 17.3 Å². The smallest absolute Gasteiger partial charge is 0.261 e. The zero-order chi connectivity index (χ0) is 17.2. The molecule has 0 unspecified atom stereocenters. The number of thiophene rings is 1. The minimum atomic E-state index is -0.0336. The Labute approximate surface area is 148 Å². The number of likely N-dealkylation sites (N-methyl/N-ethyl adjacent to an activating group) is 1. The van der Waals surface area contributed by atoms with Crippen LogP contribution >= 0.6 is 11.3 Å². The highest BCUT2D eigenvalue weighted by atomic mass is 32.1. The van der Waals surface area contributed by atoms with E-state index in [0.29, 0.717) is 17.4 Å². The average Bonchev–Trinajstić information content (AvgIpc) is 3.36. The summed E-state index contributed by atoms with van der Waals surface area (Å²) in [4.78, 5) is 23.8. The molecule has 2 atom stereocenters. The third kappa shape index (κ3) is 3.31. The van der Waals surface area contributed by atoms with Crippen molar-refractivity contribution in [1.29, 1.82) is 0 Å². The monoisotopic (exact) mass is 355 g/mol. The molecule has 3 aromatic heterocycles. The highest BCUT2D eigenvalue weighted by Gasteiger charge is 2.35. The summed E-state index contributed by atoms with van der Waals surface area (Å²) < 4.78 is 5.45. The summed E-state index contributed by atoms with van der Waals surface area (Å²) in [6, 6.07) is 9.31. The molecule has 1 aliphatic heterocycles. The van der Waals surface area contributed by atoms with Gasteiger partial charge in [-0.05, 0) is 37.0 Å². The van der Waals surface area contributed by atoms with E-state index >= 15 is 0 Å². The second kappa shape index (κ2) is 6.73. The van der Waals surface area contributed by atoms with Gasteiger partial charge in [-0.25, -0.2) is 0 Å². The van der Waals surface area contributed by atoms with Crippen molar-refractivity contribution in [1.82, 2.24) is 25.3 Å². The molecule has 3 aromatic rings. The normalized spacial score (nSPS) is 20.7. The van der Waals surface area contributed by atoms with E-state index in [-0.39, 0.29) is 18.0 Å². The fourth-order valence-corrected chi connectivity index (χ4v) is 3.65. The van der Waals surface area contributed by atoms with Crippen molar-refractivity contribution < 1.29 is 9.32 Å². The van der Waals surface area contributed by atoms with E-state index in [1.807, 2.05) is 42.8 Å². The first-order valence-corrected chi connectivity index (χ1v) is 8.88. The Hall–Kier alpha value is -2.58. The van der Waals surface area contributed by atoms with E-state index in [2.05, 4.69) is 25.3 Å². The maximum atomic E-state index is 12.2. The van der Waals surface area contributed by atoms with E-state index in [1.54, 1.807) is 6.20 Å². The van der Waals surface area contributed by atoms with Crippen molar-refractivity contribution in [3.63, 3.8) is 0 Å². The van der Waals surface area contributed by atoms with Crippen LogP contribution < -0.4 is 5.32 Å². The summed E-state index contributed by atoms with van der Waals surface area (Å²) in [5, 5.41) is 9.01. The van der Waals surface area contributed by atoms with E-state index in [4.69, 9.17) is 4.52 Å². The lowest BCUT2D eigenvalue weighted by atomic mass is 10.1. The van der Waals surface area contributed by atoms with E-state index in [1.165, 1.54) is 11.3 Å². The number of nitrogens with zero attached hydrogens (tertiary/aromatic N) is 4. The predicted octanol–water partition coefficient (Wildman–Crippen LogP) is 2.37. The number of likely N-dealkylation sites (tertiary alicyclic amines) is 1. The second-order valence-electron chi connectivity index (χ2n) is 6.01. The summed E-state index contributed by atoms with van der Waals surface area (Å²) in [6.45, 7) is 0.739. The van der Waals surface area contributed by atoms with Crippen molar-refractivity contribution in [3.8, 4) is 11.5 Å². The van der Waals surface area contributed by atoms with Gasteiger partial charge in [-0.2, -0.15) is 4.98 Å². The molecule has 128 valence electrons. The van der Waals surface area contributed by atoms with Gasteiger partial charge in [0.15, 0.2) is 0 Å². The van der Waals surface area contributed by atoms with E-state index < -0.39 is 0 Å². The summed E-state index contributed by atoms with van der Waals surface area (Å²) in [5.74, 6) is 1.000. The van der Waals surface area contributed by atoms with Crippen molar-refractivity contribution in [2.24, 2.45) is 0 Å². The number of aromatic nitrogens is 3. The van der Waals surface area contributed by atoms with Crippen LogP contribution in [0.4, 0.5) is 0 Å². The average molecular weight is 355 g/mol. The van der Waals surface area contributed by atoms with Gasteiger partial charge in [0, 0.05) is 18.8 Å². The number of amides is 1. The first kappa shape index (κ1) is 15.9. The molecule has 0 radical (unpaired) electrons. The fraction of sp³-hybridized carbons (Fsp3) is 0.294. The van der Waals surface area contributed by atoms with Crippen molar-refractivity contribution >= 4 is 17.2 Å². The SMILES string of the molecule is CN1C[C@@H](NC(=O)c2cccs2)C[C@H]1c1nc(-c2ccccn2)no1. The first-order valence-electron chi connectivity index (χ1n) is 8.00. The zero-order valence-electron chi connectivity index (χ0n) is 13.6. The Bertz CT molecular complexity index is 849. The molecule has 0 bridgehead atoms. The highest BCUT2D eigenvalue weighted by Crippen LogP contribution is 2.30. The van der Waals surface area contributed by atoms with E-state index in [9.17, 15) is 4.79 Å². The molecule has 1 aliphatic rings. The van der Waals surface area contributed by atoms with Gasteiger partial charge in [-0.15, -0.1) is 11.3 Å². The van der Waals surface area contributed by atoms with Crippen molar-refractivity contribution in [2.45, 2.75) is 18.5 Å². The van der Waals surface area contributed by atoms with Gasteiger partial charge in [0.05, 0.1) is 10.9 Å². The van der Waals surface area contributed by atoms with Crippen LogP contribution in [-0.2, 0) is 0 Å². The Morgan fingerprint density at radius 3 is 3.04 bits per heavy atom. The molecule has 4 rings (SSSR count). The van der Waals surface area contributed by atoms with Crippen LogP contribution in [0.5, 0.6) is 0 Å². The Balaban J connectivity index is 1.45. The molecule has 25 heavy (non-hydrogen) atoms. The van der Waals surface area contributed by atoms with Crippen LogP contribution in [0.2, 0.25) is 0 Å². The third-order valence-corrected chi connectivity index (χ3v) is 5.12. The topological polar surface area (TPSA) is 84.2 Å². The molecule has 1 saturated heterocycles. The molecule has 7 nitrogen and oxygen atoms in total. The molecule has 1 amide bonds. The summed E-state index contributed by atoms with van der Waals surface area (Å²) in [7, 11) is 1.99. The molecule has 0 spiro atoms. The van der Waals surface area contributed by atoms with Gasteiger partial charge in [0.25, 0.3) is 5.91 Å². The zero-order valence-corrected chi connectivity index (χ0v) is 14.4. The summed E-state index contributed by atoms with van der Waals surface area (Å²) in [5.41, 5.74) is 0.681. The van der Waals surface area contributed by atoms with Crippen LogP contribution in [0, 0.1) is 0 Å². The largest absolute Gasteiger partial charge is 0.347 e. The Kier molecular flexibility index (Phi) is 4.29. The van der Waals surface area contributed by atoms with Crippen LogP contribution in [0.3, 0.4) is 0 Å². The molecule has 0 aromatic carbocycles. The van der Waals surface area contributed by atoms with Crippen molar-refractivity contribution in [3.05, 3.63) is 52.7 Å². The number of carbonyl (C=O) groups is 1. The van der Waals surface area contributed by atoms with Gasteiger partial charge in [-0.3, -0.25) is 14.7 Å². The second-order valence-corrected chi connectivity index (χ2v) is 6.96. The Morgan fingerprint density at radius 1 is 1.36 bits per heavy atom. The number of carbonyl (C=O) groups excluding carboxylic acids is 1. The fourth-order valence-electron chi connectivity index (χ4n) is 3.03. The van der Waals surface area contributed by atoms with Gasteiger partial charge < -0.3 is 9.84 Å². The number of rotatable bonds is 4. The summed E-state index contributed by atoms with van der Waals surface area (Å²) in [6.07, 6.45) is 2.43. The van der Waals surface area contributed by atoms with Gasteiger partial charge in [0.1, 0.15) is 5.69 Å². The minimum absolute atomic E-state index is 0.0152. The van der Waals surface area contributed by atoms with Gasteiger partial charge >= 0.3 is 0 Å². The van der Waals surface area contributed by atoms with Crippen LogP contribution in [0.1, 0.15) is 28.0 Å². The predicted molar refractivity (Wildman–Crippen MR) is 93.1 cm³/mol. The quantitative estimate of drug-likeness (QED) is 0.773. The highest BCUT2D eigenvalue weighted by molar-refractivity contribution is 7.12. The lowest BCUT2D eigenvalue weighted by molar-refractivity contribution is 0.0942.